The first-order valence-corrected chi connectivity index (χ1v) is 20.2. The largest absolute Gasteiger partial charge is 0.319 e. The Bertz CT molecular complexity index is 2570. The molecule has 0 aliphatic heterocycles. The third-order valence-corrected chi connectivity index (χ3v) is 14.7. The molecule has 2 N–H and O–H groups in total. The summed E-state index contributed by atoms with van der Waals surface area (Å²) in [6, 6.07) is 15.0. The molecule has 12 nitrogen and oxygen atoms in total. The molecule has 4 bridgehead atoms. The van der Waals surface area contributed by atoms with E-state index in [9.17, 15) is 13.8 Å². The van der Waals surface area contributed by atoms with Crippen LogP contribution in [0.25, 0.3) is 21.5 Å². The SMILES string of the molecule is Cl.Cn1ccc2c([C@H](C[S@@](=O)C(C)(C)C)c3cn(C45CC(C4)C5)nn3)cccc2c1=O.Cn1ccc2c([C@H](N)c3cn(C45CC(C4)C5)nn3)cccc2c1=O. The van der Waals surface area contributed by atoms with E-state index in [-0.39, 0.29) is 51.3 Å². The van der Waals surface area contributed by atoms with Crippen molar-refractivity contribution in [1.29, 1.82) is 0 Å². The Kier molecular flexibility index (Phi) is 9.09. The molecule has 0 spiro atoms. The van der Waals surface area contributed by atoms with Gasteiger partial charge in [0.2, 0.25) is 0 Å². The van der Waals surface area contributed by atoms with Gasteiger partial charge in [0.25, 0.3) is 11.1 Å². The number of aryl methyl sites for hydroxylation is 2. The maximum Gasteiger partial charge on any atom is 0.258 e. The molecule has 4 aromatic heterocycles. The van der Waals surface area contributed by atoms with Gasteiger partial charge in [-0.05, 0) is 117 Å². The summed E-state index contributed by atoms with van der Waals surface area (Å²) in [5.41, 5.74) is 10.3. The molecule has 288 valence electrons. The van der Waals surface area contributed by atoms with Crippen molar-refractivity contribution in [1.82, 2.24) is 39.1 Å². The van der Waals surface area contributed by atoms with Crippen LogP contribution in [0.5, 0.6) is 0 Å². The second kappa shape index (κ2) is 13.3. The molecule has 2 aromatic carbocycles. The van der Waals surface area contributed by atoms with Gasteiger partial charge in [-0.2, -0.15) is 0 Å². The Morgan fingerprint density at radius 3 is 1.65 bits per heavy atom. The van der Waals surface area contributed by atoms with Crippen LogP contribution in [0.4, 0.5) is 0 Å². The molecule has 14 heteroatoms. The molecule has 12 rings (SSSR count). The molecule has 6 saturated carbocycles. The summed E-state index contributed by atoms with van der Waals surface area (Å²) in [4.78, 5) is 25.0. The van der Waals surface area contributed by atoms with Crippen LogP contribution in [0.2, 0.25) is 0 Å². The number of halogens is 1. The average Bonchev–Trinajstić information content (AvgIpc) is 3.74. The molecule has 6 aliphatic rings. The van der Waals surface area contributed by atoms with Crippen LogP contribution in [-0.4, -0.2) is 53.8 Å². The highest BCUT2D eigenvalue weighted by molar-refractivity contribution is 7.86. The van der Waals surface area contributed by atoms with Crippen LogP contribution in [0.15, 0.2) is 82.9 Å². The Labute approximate surface area is 328 Å². The zero-order valence-electron chi connectivity index (χ0n) is 31.9. The number of nitrogens with zero attached hydrogens (tertiary/aromatic N) is 8. The van der Waals surface area contributed by atoms with Gasteiger partial charge in [0.05, 0.1) is 29.0 Å². The molecule has 0 radical (unpaired) electrons. The van der Waals surface area contributed by atoms with Gasteiger partial charge in [-0.3, -0.25) is 13.8 Å². The van der Waals surface area contributed by atoms with E-state index in [1.165, 1.54) is 38.5 Å². The van der Waals surface area contributed by atoms with Crippen molar-refractivity contribution >= 4 is 44.8 Å². The first-order chi connectivity index (χ1) is 25.7. The fourth-order valence-electron chi connectivity index (χ4n) is 9.02. The molecule has 0 amide bonds. The smallest absolute Gasteiger partial charge is 0.258 e. The zero-order chi connectivity index (χ0) is 37.7. The highest BCUT2D eigenvalue weighted by Crippen LogP contribution is 2.62. The first-order valence-electron chi connectivity index (χ1n) is 18.9. The van der Waals surface area contributed by atoms with E-state index < -0.39 is 10.8 Å². The normalized spacial score (nSPS) is 24.9. The fourth-order valence-corrected chi connectivity index (χ4v) is 10.2. The minimum atomic E-state index is -1.07. The summed E-state index contributed by atoms with van der Waals surface area (Å²) in [6.45, 7) is 5.99. The van der Waals surface area contributed by atoms with Gasteiger partial charge in [-0.25, -0.2) is 9.36 Å². The van der Waals surface area contributed by atoms with Crippen molar-refractivity contribution < 1.29 is 4.21 Å². The molecule has 3 atom stereocenters. The fraction of sp³-hybridized carbons (Fsp3) is 0.463. The molecule has 0 saturated heterocycles. The summed E-state index contributed by atoms with van der Waals surface area (Å²) in [7, 11) is 2.44. The minimum absolute atomic E-state index is 0. The van der Waals surface area contributed by atoms with Crippen LogP contribution in [0.3, 0.4) is 0 Å². The van der Waals surface area contributed by atoms with E-state index >= 15 is 0 Å². The number of hydrogen-bond donors (Lipinski definition) is 1. The van der Waals surface area contributed by atoms with Crippen molar-refractivity contribution in [3.8, 4) is 0 Å². The average molecular weight is 782 g/mol. The first kappa shape index (κ1) is 37.5. The second-order valence-corrected chi connectivity index (χ2v) is 19.6. The molecular formula is C41H48ClN9O3S. The third kappa shape index (κ3) is 6.09. The predicted octanol–water partition coefficient (Wildman–Crippen LogP) is 5.43. The highest BCUT2D eigenvalue weighted by atomic mass is 35.5. The van der Waals surface area contributed by atoms with Crippen LogP contribution < -0.4 is 16.9 Å². The Balaban J connectivity index is 0.000000156. The quantitative estimate of drug-likeness (QED) is 0.215. The third-order valence-electron chi connectivity index (χ3n) is 12.7. The van der Waals surface area contributed by atoms with E-state index in [2.05, 4.69) is 26.8 Å². The standard InChI is InChI=1S/C23H28N4O2S.C18H19N5O.ClH/c1-22(2,3)30(29)14-19(20-13-27(25-24-20)23-10-15(11-23)12-23)16-6-5-7-18-17(16)8-9-26(4)21(18)28;1-22-6-5-12-13(3-2-4-14(12)17(22)24)16(19)15-10-23(21-20-15)18-7-11(8-18)9-18;/h5-9,13,15,19H,10-12,14H2,1-4H3;2-6,10-11,16H,7-9,19H2,1H3;1H/t15?,19-,23?,30+;11?,16-,18?;/m00./s1. The lowest BCUT2D eigenvalue weighted by atomic mass is 9.50. The van der Waals surface area contributed by atoms with E-state index in [0.29, 0.717) is 16.5 Å². The summed E-state index contributed by atoms with van der Waals surface area (Å²) in [5, 5.41) is 20.8. The van der Waals surface area contributed by atoms with Crippen LogP contribution in [0, 0.1) is 11.8 Å². The molecule has 55 heavy (non-hydrogen) atoms. The number of pyridine rings is 2. The molecular weight excluding hydrogens is 734 g/mol. The van der Waals surface area contributed by atoms with E-state index in [1.807, 2.05) is 84.9 Å². The Morgan fingerprint density at radius 2 is 1.18 bits per heavy atom. The van der Waals surface area contributed by atoms with Crippen molar-refractivity contribution in [2.45, 2.75) is 87.1 Å². The maximum atomic E-state index is 13.1. The molecule has 0 unspecified atom stereocenters. The van der Waals surface area contributed by atoms with Crippen molar-refractivity contribution in [3.05, 3.63) is 117 Å². The van der Waals surface area contributed by atoms with Crippen LogP contribution >= 0.6 is 12.4 Å². The number of aromatic nitrogens is 8. The predicted molar refractivity (Wildman–Crippen MR) is 217 cm³/mol. The van der Waals surface area contributed by atoms with Crippen molar-refractivity contribution in [2.24, 2.45) is 31.7 Å². The Morgan fingerprint density at radius 1 is 0.727 bits per heavy atom. The second-order valence-electron chi connectivity index (χ2n) is 17.3. The number of nitrogens with two attached hydrogens (primary N) is 1. The number of benzene rings is 2. The van der Waals surface area contributed by atoms with Crippen molar-refractivity contribution in [2.75, 3.05) is 5.75 Å². The van der Waals surface area contributed by atoms with Gasteiger partial charge in [-0.15, -0.1) is 22.6 Å². The van der Waals surface area contributed by atoms with Gasteiger partial charge in [0, 0.05) is 70.7 Å². The zero-order valence-corrected chi connectivity index (χ0v) is 33.5. The number of hydrogen-bond acceptors (Lipinski definition) is 8. The topological polar surface area (TPSA) is 149 Å². The lowest BCUT2D eigenvalue weighted by Gasteiger charge is -2.61. The lowest BCUT2D eigenvalue weighted by molar-refractivity contribution is -0.0990. The number of fused-ring (bicyclic) bond motifs is 2. The molecule has 4 heterocycles. The summed E-state index contributed by atoms with van der Waals surface area (Å²) < 4.78 is 20.0. The van der Waals surface area contributed by atoms with Gasteiger partial charge >= 0.3 is 0 Å². The van der Waals surface area contributed by atoms with Gasteiger partial charge in [0.1, 0.15) is 5.69 Å². The lowest BCUT2D eigenvalue weighted by Crippen LogP contribution is -2.59. The summed E-state index contributed by atoms with van der Waals surface area (Å²) in [6.07, 6.45) is 14.8. The van der Waals surface area contributed by atoms with Gasteiger partial charge < -0.3 is 14.9 Å². The molecule has 6 fully saturated rings. The molecule has 6 aliphatic carbocycles. The van der Waals surface area contributed by atoms with Crippen molar-refractivity contribution in [3.63, 3.8) is 0 Å². The van der Waals surface area contributed by atoms with E-state index in [4.69, 9.17) is 5.73 Å². The summed E-state index contributed by atoms with van der Waals surface area (Å²) >= 11 is 0. The minimum Gasteiger partial charge on any atom is -0.319 e. The summed E-state index contributed by atoms with van der Waals surface area (Å²) in [5.74, 6) is 2.02. The van der Waals surface area contributed by atoms with Crippen LogP contribution in [-0.2, 0) is 36.0 Å². The highest BCUT2D eigenvalue weighted by Gasteiger charge is 2.59. The van der Waals surface area contributed by atoms with Crippen LogP contribution in [0.1, 0.15) is 93.8 Å². The van der Waals surface area contributed by atoms with E-state index in [0.717, 1.165) is 45.1 Å². The molecule has 6 aromatic rings. The monoisotopic (exact) mass is 781 g/mol. The van der Waals surface area contributed by atoms with Gasteiger partial charge in [0.15, 0.2) is 0 Å². The Hall–Kier alpha value is -4.46. The number of rotatable bonds is 8. The van der Waals surface area contributed by atoms with Gasteiger partial charge in [-0.1, -0.05) is 34.7 Å². The van der Waals surface area contributed by atoms with E-state index in [1.54, 1.807) is 35.6 Å². The maximum absolute atomic E-state index is 13.1.